The summed E-state index contributed by atoms with van der Waals surface area (Å²) in [5.41, 5.74) is 0. The molecule has 0 amide bonds. The summed E-state index contributed by atoms with van der Waals surface area (Å²) in [7, 11) is 0. The van der Waals surface area contributed by atoms with Crippen LogP contribution >= 0.6 is 0 Å². The van der Waals surface area contributed by atoms with Gasteiger partial charge in [-0.2, -0.15) is 0 Å². The van der Waals surface area contributed by atoms with Crippen LogP contribution in [0.1, 0.15) is 13.3 Å². The van der Waals surface area contributed by atoms with Crippen LogP contribution in [0, 0.1) is 0 Å². The summed E-state index contributed by atoms with van der Waals surface area (Å²) < 4.78 is 27.1. The van der Waals surface area contributed by atoms with Gasteiger partial charge in [-0.3, -0.25) is 0 Å². The van der Waals surface area contributed by atoms with Gasteiger partial charge in [-0.05, 0) is 6.42 Å². The van der Waals surface area contributed by atoms with Gasteiger partial charge in [0.15, 0.2) is 12.6 Å². The van der Waals surface area contributed by atoms with E-state index >= 15 is 0 Å². The van der Waals surface area contributed by atoms with Gasteiger partial charge in [0.2, 0.25) is 0 Å². The molecule has 2 heterocycles. The average molecular weight is 428 g/mol. The maximum absolute atomic E-state index is 10.4. The van der Waals surface area contributed by atoms with Crippen LogP contribution in [-0.2, 0) is 23.7 Å². The van der Waals surface area contributed by atoms with E-state index in [2.05, 4.69) is 0 Å². The lowest BCUT2D eigenvalue weighted by Crippen LogP contribution is -2.64. The molecule has 0 saturated carbocycles. The highest BCUT2D eigenvalue weighted by Crippen LogP contribution is 2.29. The Labute approximate surface area is 168 Å². The second-order valence-electron chi connectivity index (χ2n) is 6.99. The molecule has 12 heteroatoms. The Bertz CT molecular complexity index is 466. The van der Waals surface area contributed by atoms with Gasteiger partial charge in [0, 0.05) is 6.61 Å². The number of hydrogen-bond acceptors (Lipinski definition) is 12. The molecule has 0 aromatic carbocycles. The third-order valence-electron chi connectivity index (χ3n) is 4.82. The van der Waals surface area contributed by atoms with E-state index in [-0.39, 0.29) is 13.2 Å². The molecule has 2 fully saturated rings. The van der Waals surface area contributed by atoms with Crippen LogP contribution < -0.4 is 0 Å². The summed E-state index contributed by atoms with van der Waals surface area (Å²) in [5, 5.41) is 69.1. The van der Waals surface area contributed by atoms with Gasteiger partial charge in [-0.25, -0.2) is 0 Å². The molecule has 0 aromatic heterocycles. The Morgan fingerprint density at radius 1 is 0.690 bits per heavy atom. The van der Waals surface area contributed by atoms with Crippen LogP contribution in [0.3, 0.4) is 0 Å². The minimum Gasteiger partial charge on any atom is -0.394 e. The topological polar surface area (TPSA) is 188 Å². The third-order valence-corrected chi connectivity index (χ3v) is 4.82. The van der Waals surface area contributed by atoms with Crippen molar-refractivity contribution in [1.29, 1.82) is 0 Å². The monoisotopic (exact) mass is 428 g/mol. The molecule has 10 atom stereocenters. The van der Waals surface area contributed by atoms with Crippen molar-refractivity contribution in [3.05, 3.63) is 0 Å². The number of rotatable bonds is 10. The number of aliphatic hydroxyl groups is 7. The van der Waals surface area contributed by atoms with Crippen molar-refractivity contribution in [1.82, 2.24) is 0 Å². The van der Waals surface area contributed by atoms with Gasteiger partial charge in [0.05, 0.1) is 26.4 Å². The fraction of sp³-hybridized carbons (Fsp3) is 1.00. The fourth-order valence-electron chi connectivity index (χ4n) is 3.14. The normalized spacial score (nSPS) is 43.4. The first-order valence-electron chi connectivity index (χ1n) is 9.63. The van der Waals surface area contributed by atoms with Crippen LogP contribution in [0.4, 0.5) is 0 Å². The van der Waals surface area contributed by atoms with Gasteiger partial charge in [0.25, 0.3) is 0 Å². The minimum atomic E-state index is -1.71. The highest BCUT2D eigenvalue weighted by molar-refractivity contribution is 4.93. The number of aliphatic hydroxyl groups excluding tert-OH is 7. The van der Waals surface area contributed by atoms with Crippen LogP contribution in [-0.4, -0.2) is 130 Å². The van der Waals surface area contributed by atoms with Crippen LogP contribution in [0.15, 0.2) is 0 Å². The quantitative estimate of drug-likeness (QED) is 0.168. The maximum Gasteiger partial charge on any atom is 0.187 e. The van der Waals surface area contributed by atoms with E-state index in [1.165, 1.54) is 0 Å². The Kier molecular flexibility index (Phi) is 10.1. The van der Waals surface area contributed by atoms with Crippen molar-refractivity contribution in [2.24, 2.45) is 0 Å². The van der Waals surface area contributed by atoms with E-state index in [9.17, 15) is 35.7 Å². The summed E-state index contributed by atoms with van der Waals surface area (Å²) in [4.78, 5) is 0. The van der Waals surface area contributed by atoms with E-state index < -0.39 is 74.6 Å². The Balaban J connectivity index is 2.07. The number of hydrogen-bond donors (Lipinski definition) is 7. The zero-order valence-electron chi connectivity index (χ0n) is 16.2. The molecule has 0 unspecified atom stereocenters. The fourth-order valence-corrected chi connectivity index (χ4v) is 3.14. The molecule has 0 bridgehead atoms. The Hall–Kier alpha value is -0.480. The molecule has 0 aromatic rings. The highest BCUT2D eigenvalue weighted by atomic mass is 16.8. The zero-order valence-corrected chi connectivity index (χ0v) is 16.2. The molecule has 7 N–H and O–H groups in total. The Morgan fingerprint density at radius 2 is 1.28 bits per heavy atom. The van der Waals surface area contributed by atoms with Crippen molar-refractivity contribution in [2.45, 2.75) is 74.8 Å². The summed E-state index contributed by atoms with van der Waals surface area (Å²) in [6.07, 6.45) is -13.8. The van der Waals surface area contributed by atoms with Gasteiger partial charge in [-0.15, -0.1) is 0 Å². The summed E-state index contributed by atoms with van der Waals surface area (Å²) in [5.74, 6) is 0. The molecule has 2 saturated heterocycles. The summed E-state index contributed by atoms with van der Waals surface area (Å²) >= 11 is 0. The molecule has 0 aliphatic carbocycles. The van der Waals surface area contributed by atoms with E-state index in [0.717, 1.165) is 6.42 Å². The van der Waals surface area contributed by atoms with Crippen LogP contribution in [0.25, 0.3) is 0 Å². The van der Waals surface area contributed by atoms with Crippen LogP contribution in [0.5, 0.6) is 0 Å². The molecule has 12 nitrogen and oxygen atoms in total. The van der Waals surface area contributed by atoms with Crippen molar-refractivity contribution < 1.29 is 59.4 Å². The lowest BCUT2D eigenvalue weighted by atomic mass is 9.97. The molecule has 2 rings (SSSR count). The third kappa shape index (κ3) is 6.03. The van der Waals surface area contributed by atoms with E-state index in [0.29, 0.717) is 6.61 Å². The predicted octanol–water partition coefficient (Wildman–Crippen LogP) is -3.95. The van der Waals surface area contributed by atoms with E-state index in [1.54, 1.807) is 0 Å². The lowest BCUT2D eigenvalue weighted by molar-refractivity contribution is -0.367. The minimum absolute atomic E-state index is 0.0557. The Morgan fingerprint density at radius 3 is 1.86 bits per heavy atom. The molecule has 0 spiro atoms. The summed E-state index contributed by atoms with van der Waals surface area (Å²) in [6, 6.07) is 0. The zero-order chi connectivity index (χ0) is 21.6. The smallest absolute Gasteiger partial charge is 0.187 e. The molecule has 172 valence electrons. The predicted molar refractivity (Wildman–Crippen MR) is 93.5 cm³/mol. The van der Waals surface area contributed by atoms with E-state index in [4.69, 9.17) is 23.7 Å². The largest absolute Gasteiger partial charge is 0.394 e. The van der Waals surface area contributed by atoms with Gasteiger partial charge < -0.3 is 59.4 Å². The van der Waals surface area contributed by atoms with Crippen molar-refractivity contribution in [3.63, 3.8) is 0 Å². The lowest BCUT2D eigenvalue weighted by Gasteiger charge is -2.45. The van der Waals surface area contributed by atoms with Crippen molar-refractivity contribution in [2.75, 3.05) is 33.0 Å². The van der Waals surface area contributed by atoms with E-state index in [1.807, 2.05) is 6.92 Å². The first kappa shape index (κ1) is 24.8. The highest BCUT2D eigenvalue weighted by Gasteiger charge is 2.50. The molecule has 2 aliphatic rings. The van der Waals surface area contributed by atoms with Gasteiger partial charge in [-0.1, -0.05) is 6.92 Å². The second kappa shape index (κ2) is 11.8. The summed E-state index contributed by atoms with van der Waals surface area (Å²) in [6.45, 7) is 1.51. The van der Waals surface area contributed by atoms with Gasteiger partial charge in [0.1, 0.15) is 48.8 Å². The average Bonchev–Trinajstić information content (AvgIpc) is 2.72. The maximum atomic E-state index is 10.4. The standard InChI is InChI=1S/C17H32O12/c1-2-3-25-4-5-26-17-15(13(23)11(21)9(7-19)28-17)29-16-14(24)12(22)10(20)8(6-18)27-16/h8-24H,2-7H2,1H3/t8-,9+,10-,11-,12+,13+,14+,15+,16-,17+/m1/s1. The first-order chi connectivity index (χ1) is 13.8. The SMILES string of the molecule is CCCOCCO[C@H]1O[C@@H](CO)[C@@H](O)[C@H](O)[C@@H]1O[C@H]1O[C@H](CO)[C@@H](O)[C@H](O)[C@@H]1O. The molecular weight excluding hydrogens is 396 g/mol. The number of ether oxygens (including phenoxy) is 5. The van der Waals surface area contributed by atoms with Crippen molar-refractivity contribution in [3.8, 4) is 0 Å². The molecule has 29 heavy (non-hydrogen) atoms. The van der Waals surface area contributed by atoms with Gasteiger partial charge >= 0.3 is 0 Å². The second-order valence-corrected chi connectivity index (χ2v) is 6.99. The van der Waals surface area contributed by atoms with Crippen molar-refractivity contribution >= 4 is 0 Å². The molecule has 2 aliphatic heterocycles. The molecular formula is C17H32O12. The van der Waals surface area contributed by atoms with Crippen LogP contribution in [0.2, 0.25) is 0 Å². The molecule has 0 radical (unpaired) electrons. The first-order valence-corrected chi connectivity index (χ1v) is 9.63.